The number of nitrogens with one attached hydrogen (secondary N) is 1. The second-order valence-corrected chi connectivity index (χ2v) is 7.34. The molecule has 0 unspecified atom stereocenters. The van der Waals surface area contributed by atoms with Gasteiger partial charge in [0.05, 0.1) is 11.1 Å². The minimum Gasteiger partial charge on any atom is -0.349 e. The topological polar surface area (TPSA) is 45.2 Å². The first kappa shape index (κ1) is 18.7. The summed E-state index contributed by atoms with van der Waals surface area (Å²) >= 11 is 7.49. The molecule has 0 aliphatic carbocycles. The molecule has 0 atom stereocenters. The lowest BCUT2D eigenvalue weighted by molar-refractivity contribution is -0.122. The number of aromatic nitrogens is 1. The van der Waals surface area contributed by atoms with Crippen LogP contribution in [0.15, 0.2) is 29.6 Å². The highest BCUT2D eigenvalue weighted by molar-refractivity contribution is 7.14. The summed E-state index contributed by atoms with van der Waals surface area (Å²) in [5.74, 6) is 0.201. The van der Waals surface area contributed by atoms with E-state index in [9.17, 15) is 4.79 Å². The van der Waals surface area contributed by atoms with E-state index >= 15 is 0 Å². The standard InChI is InChI=1S/C18H24ClN3OS/c1-5-22(6-2)17-21-15(11-24-17)13-7-9-14(10-8-13)20-16(23)18(3,4)12-19/h7-11H,5-6,12H2,1-4H3,(H,20,23). The van der Waals surface area contributed by atoms with Crippen molar-refractivity contribution >= 4 is 39.7 Å². The van der Waals surface area contributed by atoms with E-state index in [-0.39, 0.29) is 11.8 Å². The molecule has 0 saturated carbocycles. The third-order valence-electron chi connectivity index (χ3n) is 3.91. The van der Waals surface area contributed by atoms with E-state index in [0.717, 1.165) is 35.2 Å². The Bertz CT molecular complexity index is 678. The van der Waals surface area contributed by atoms with Crippen molar-refractivity contribution in [3.05, 3.63) is 29.6 Å². The Morgan fingerprint density at radius 2 is 1.88 bits per heavy atom. The molecule has 1 aromatic heterocycles. The summed E-state index contributed by atoms with van der Waals surface area (Å²) in [5, 5.41) is 6.01. The van der Waals surface area contributed by atoms with Crippen LogP contribution in [-0.2, 0) is 4.79 Å². The predicted octanol–water partition coefficient (Wildman–Crippen LogP) is 4.86. The molecule has 2 aromatic rings. The van der Waals surface area contributed by atoms with Crippen LogP contribution in [0, 0.1) is 5.41 Å². The molecule has 1 N–H and O–H groups in total. The second kappa shape index (κ2) is 7.99. The first-order valence-electron chi connectivity index (χ1n) is 8.09. The molecule has 4 nitrogen and oxygen atoms in total. The Morgan fingerprint density at radius 3 is 2.42 bits per heavy atom. The Kier molecular flexibility index (Phi) is 6.24. The Hall–Kier alpha value is -1.59. The van der Waals surface area contributed by atoms with Gasteiger partial charge < -0.3 is 10.2 Å². The van der Waals surface area contributed by atoms with Gasteiger partial charge in [-0.15, -0.1) is 22.9 Å². The monoisotopic (exact) mass is 365 g/mol. The minimum atomic E-state index is -0.589. The number of anilines is 2. The average molecular weight is 366 g/mol. The fraction of sp³-hybridized carbons (Fsp3) is 0.444. The van der Waals surface area contributed by atoms with Gasteiger partial charge in [-0.3, -0.25) is 4.79 Å². The molecule has 24 heavy (non-hydrogen) atoms. The van der Waals surface area contributed by atoms with Gasteiger partial charge in [-0.05, 0) is 39.8 Å². The van der Waals surface area contributed by atoms with Gasteiger partial charge in [0.15, 0.2) is 5.13 Å². The highest BCUT2D eigenvalue weighted by Crippen LogP contribution is 2.28. The Labute approximate surface area is 152 Å². The highest BCUT2D eigenvalue weighted by Gasteiger charge is 2.26. The smallest absolute Gasteiger partial charge is 0.231 e. The summed E-state index contributed by atoms with van der Waals surface area (Å²) in [6.07, 6.45) is 0. The molecule has 0 radical (unpaired) electrons. The van der Waals surface area contributed by atoms with Gasteiger partial charge in [0.1, 0.15) is 0 Å². The van der Waals surface area contributed by atoms with Crippen molar-refractivity contribution in [1.29, 1.82) is 0 Å². The van der Waals surface area contributed by atoms with Crippen LogP contribution in [0.5, 0.6) is 0 Å². The van der Waals surface area contributed by atoms with Gasteiger partial charge in [0.2, 0.25) is 5.91 Å². The van der Waals surface area contributed by atoms with Crippen molar-refractivity contribution in [3.63, 3.8) is 0 Å². The van der Waals surface area contributed by atoms with Crippen LogP contribution in [0.3, 0.4) is 0 Å². The van der Waals surface area contributed by atoms with Crippen LogP contribution in [-0.4, -0.2) is 29.9 Å². The zero-order valence-corrected chi connectivity index (χ0v) is 16.2. The SMILES string of the molecule is CCN(CC)c1nc(-c2ccc(NC(=O)C(C)(C)CCl)cc2)cs1. The second-order valence-electron chi connectivity index (χ2n) is 6.24. The number of nitrogens with zero attached hydrogens (tertiary/aromatic N) is 2. The van der Waals surface area contributed by atoms with Crippen LogP contribution in [0.25, 0.3) is 11.3 Å². The molecule has 0 fully saturated rings. The summed E-state index contributed by atoms with van der Waals surface area (Å²) in [4.78, 5) is 19.1. The number of hydrogen-bond donors (Lipinski definition) is 1. The normalized spacial score (nSPS) is 11.4. The average Bonchev–Trinajstić information content (AvgIpc) is 3.06. The largest absolute Gasteiger partial charge is 0.349 e. The minimum absolute atomic E-state index is 0.0808. The molecule has 130 valence electrons. The van der Waals surface area contributed by atoms with Crippen molar-refractivity contribution in [3.8, 4) is 11.3 Å². The summed E-state index contributed by atoms with van der Waals surface area (Å²) < 4.78 is 0. The number of rotatable bonds is 7. The number of thiazole rings is 1. The molecular weight excluding hydrogens is 342 g/mol. The van der Waals surface area contributed by atoms with Gasteiger partial charge in [-0.1, -0.05) is 12.1 Å². The first-order chi connectivity index (χ1) is 11.4. The molecule has 1 amide bonds. The molecule has 0 aliphatic rings. The van der Waals surface area contributed by atoms with E-state index < -0.39 is 5.41 Å². The number of alkyl halides is 1. The molecule has 2 rings (SSSR count). The maximum absolute atomic E-state index is 12.2. The number of carbonyl (C=O) groups excluding carboxylic acids is 1. The summed E-state index contributed by atoms with van der Waals surface area (Å²) in [7, 11) is 0. The molecule has 6 heteroatoms. The Balaban J connectivity index is 2.11. The van der Waals surface area contributed by atoms with E-state index in [0.29, 0.717) is 0 Å². The molecule has 0 aliphatic heterocycles. The van der Waals surface area contributed by atoms with Crippen molar-refractivity contribution in [2.45, 2.75) is 27.7 Å². The molecular formula is C18H24ClN3OS. The van der Waals surface area contributed by atoms with Gasteiger partial charge in [0, 0.05) is 35.6 Å². The van der Waals surface area contributed by atoms with E-state index in [1.54, 1.807) is 11.3 Å². The maximum Gasteiger partial charge on any atom is 0.231 e. The van der Waals surface area contributed by atoms with E-state index in [2.05, 4.69) is 29.4 Å². The number of halogens is 1. The van der Waals surface area contributed by atoms with Crippen molar-refractivity contribution in [1.82, 2.24) is 4.98 Å². The third kappa shape index (κ3) is 4.28. The van der Waals surface area contributed by atoms with Crippen LogP contribution >= 0.6 is 22.9 Å². The third-order valence-corrected chi connectivity index (χ3v) is 5.48. The molecule has 0 spiro atoms. The van der Waals surface area contributed by atoms with Gasteiger partial charge >= 0.3 is 0 Å². The van der Waals surface area contributed by atoms with Gasteiger partial charge in [0.25, 0.3) is 0 Å². The van der Waals surface area contributed by atoms with Gasteiger partial charge in [-0.2, -0.15) is 0 Å². The van der Waals surface area contributed by atoms with Crippen molar-refractivity contribution in [2.75, 3.05) is 29.2 Å². The van der Waals surface area contributed by atoms with E-state index in [1.807, 2.05) is 38.1 Å². The lowest BCUT2D eigenvalue weighted by atomic mass is 9.95. The Morgan fingerprint density at radius 1 is 1.25 bits per heavy atom. The number of benzene rings is 1. The fourth-order valence-electron chi connectivity index (χ4n) is 2.12. The molecule has 1 aromatic carbocycles. The van der Waals surface area contributed by atoms with Crippen LogP contribution in [0.4, 0.5) is 10.8 Å². The lowest BCUT2D eigenvalue weighted by Gasteiger charge is -2.20. The zero-order chi connectivity index (χ0) is 17.7. The predicted molar refractivity (Wildman–Crippen MR) is 104 cm³/mol. The maximum atomic E-state index is 12.2. The molecule has 0 saturated heterocycles. The van der Waals surface area contributed by atoms with Crippen LogP contribution in [0.2, 0.25) is 0 Å². The number of hydrogen-bond acceptors (Lipinski definition) is 4. The zero-order valence-electron chi connectivity index (χ0n) is 14.6. The number of carbonyl (C=O) groups is 1. The number of amides is 1. The summed E-state index contributed by atoms with van der Waals surface area (Å²) in [5.41, 5.74) is 2.18. The first-order valence-corrected chi connectivity index (χ1v) is 9.51. The summed E-state index contributed by atoms with van der Waals surface area (Å²) in [6.45, 7) is 9.81. The quantitative estimate of drug-likeness (QED) is 0.712. The molecule has 0 bridgehead atoms. The van der Waals surface area contributed by atoms with E-state index in [4.69, 9.17) is 16.6 Å². The van der Waals surface area contributed by atoms with Gasteiger partial charge in [-0.25, -0.2) is 4.98 Å². The molecule has 1 heterocycles. The van der Waals surface area contributed by atoms with E-state index in [1.165, 1.54) is 0 Å². The van der Waals surface area contributed by atoms with Crippen molar-refractivity contribution < 1.29 is 4.79 Å². The lowest BCUT2D eigenvalue weighted by Crippen LogP contribution is -2.32. The summed E-state index contributed by atoms with van der Waals surface area (Å²) in [6, 6.07) is 7.75. The van der Waals surface area contributed by atoms with Crippen LogP contribution in [0.1, 0.15) is 27.7 Å². The fourth-order valence-corrected chi connectivity index (χ4v) is 3.21. The highest BCUT2D eigenvalue weighted by atomic mass is 35.5. The van der Waals surface area contributed by atoms with Crippen molar-refractivity contribution in [2.24, 2.45) is 5.41 Å². The van der Waals surface area contributed by atoms with Crippen LogP contribution < -0.4 is 10.2 Å².